The minimum Gasteiger partial charge on any atom is -0.497 e. The minimum absolute atomic E-state index is 0.0724. The number of cyclic esters (lactones) is 1. The molecule has 1 unspecified atom stereocenters. The van der Waals surface area contributed by atoms with E-state index in [2.05, 4.69) is 9.97 Å². The summed E-state index contributed by atoms with van der Waals surface area (Å²) in [6.45, 7) is 0. The Bertz CT molecular complexity index is 920. The van der Waals surface area contributed by atoms with Crippen molar-refractivity contribution in [3.63, 3.8) is 0 Å². The quantitative estimate of drug-likeness (QED) is 0.730. The van der Waals surface area contributed by atoms with Crippen molar-refractivity contribution >= 4 is 11.9 Å². The zero-order valence-electron chi connectivity index (χ0n) is 13.4. The molecule has 4 rings (SSSR count). The number of nitrogen functional groups attached to an aromatic ring is 1. The second-order valence-electron chi connectivity index (χ2n) is 5.61. The Labute approximate surface area is 143 Å². The lowest BCUT2D eigenvalue weighted by Gasteiger charge is -2.11. The number of carbonyl (C=O) groups excluding carboxylic acids is 1. The number of hydrogen-bond donors (Lipinski definition) is 1. The second-order valence-corrected chi connectivity index (χ2v) is 5.61. The third-order valence-corrected chi connectivity index (χ3v) is 4.05. The number of hydrogen-bond acceptors (Lipinski definition) is 7. The smallest absolute Gasteiger partial charge is 0.343 e. The zero-order valence-corrected chi connectivity index (χ0v) is 13.4. The summed E-state index contributed by atoms with van der Waals surface area (Å²) in [5.41, 5.74) is 7.97. The summed E-state index contributed by atoms with van der Waals surface area (Å²) in [4.78, 5) is 20.8. The Morgan fingerprint density at radius 2 is 2.00 bits per heavy atom. The van der Waals surface area contributed by atoms with Crippen molar-refractivity contribution in [2.45, 2.75) is 12.5 Å². The normalized spacial score (nSPS) is 15.7. The van der Waals surface area contributed by atoms with Crippen LogP contribution >= 0.6 is 0 Å². The number of anilines is 1. The maximum absolute atomic E-state index is 12.4. The number of rotatable bonds is 4. The fourth-order valence-corrected chi connectivity index (χ4v) is 2.88. The van der Waals surface area contributed by atoms with Gasteiger partial charge in [-0.15, -0.1) is 0 Å². The molecule has 7 heteroatoms. The monoisotopic (exact) mass is 337 g/mol. The molecule has 0 amide bonds. The molecule has 7 nitrogen and oxygen atoms in total. The van der Waals surface area contributed by atoms with Crippen molar-refractivity contribution < 1.29 is 18.7 Å². The highest BCUT2D eigenvalue weighted by Gasteiger charge is 2.37. The molecule has 1 aliphatic rings. The average Bonchev–Trinajstić information content (AvgIpc) is 3.24. The van der Waals surface area contributed by atoms with E-state index >= 15 is 0 Å². The molecule has 126 valence electrons. The predicted molar refractivity (Wildman–Crippen MR) is 89.0 cm³/mol. The van der Waals surface area contributed by atoms with Gasteiger partial charge in [0.15, 0.2) is 5.76 Å². The van der Waals surface area contributed by atoms with Crippen LogP contribution in [-0.4, -0.2) is 23.0 Å². The molecule has 0 saturated heterocycles. The van der Waals surface area contributed by atoms with Crippen LogP contribution in [0.4, 0.5) is 5.95 Å². The first kappa shape index (κ1) is 15.2. The van der Waals surface area contributed by atoms with Crippen LogP contribution in [0.1, 0.15) is 27.7 Å². The molecule has 0 bridgehead atoms. The first-order valence-electron chi connectivity index (χ1n) is 7.71. The third-order valence-electron chi connectivity index (χ3n) is 4.05. The van der Waals surface area contributed by atoms with Gasteiger partial charge in [0, 0.05) is 6.42 Å². The van der Waals surface area contributed by atoms with E-state index in [0.717, 1.165) is 11.3 Å². The van der Waals surface area contributed by atoms with Crippen LogP contribution in [0, 0.1) is 0 Å². The van der Waals surface area contributed by atoms with Crippen LogP contribution in [-0.2, 0) is 11.2 Å². The summed E-state index contributed by atoms with van der Waals surface area (Å²) in [5, 5.41) is 0. The van der Waals surface area contributed by atoms with Gasteiger partial charge in [0.25, 0.3) is 0 Å². The van der Waals surface area contributed by atoms with Crippen LogP contribution in [0.2, 0.25) is 0 Å². The van der Waals surface area contributed by atoms with Crippen molar-refractivity contribution in [2.75, 3.05) is 12.8 Å². The first-order chi connectivity index (χ1) is 12.2. The SMILES string of the molecule is COc1ccc(CC2OC(=O)c3c(-c4ccco4)nc(N)nc32)cc1. The average molecular weight is 337 g/mol. The number of benzene rings is 1. The molecule has 1 atom stereocenters. The van der Waals surface area contributed by atoms with Gasteiger partial charge in [-0.25, -0.2) is 14.8 Å². The second kappa shape index (κ2) is 5.94. The number of carbonyl (C=O) groups is 1. The number of ether oxygens (including phenoxy) is 2. The van der Waals surface area contributed by atoms with Gasteiger partial charge < -0.3 is 19.6 Å². The van der Waals surface area contributed by atoms with Crippen LogP contribution in [0.3, 0.4) is 0 Å². The van der Waals surface area contributed by atoms with Gasteiger partial charge in [0.1, 0.15) is 28.8 Å². The van der Waals surface area contributed by atoms with Crippen LogP contribution in [0.15, 0.2) is 47.1 Å². The molecule has 0 aliphatic carbocycles. The van der Waals surface area contributed by atoms with Gasteiger partial charge >= 0.3 is 5.97 Å². The number of furan rings is 1. The predicted octanol–water partition coefficient (Wildman–Crippen LogP) is 2.78. The van der Waals surface area contributed by atoms with Crippen LogP contribution < -0.4 is 10.5 Å². The number of esters is 1. The Hall–Kier alpha value is -3.35. The summed E-state index contributed by atoms with van der Waals surface area (Å²) >= 11 is 0. The number of nitrogens with zero attached hydrogens (tertiary/aromatic N) is 2. The molecular weight excluding hydrogens is 322 g/mol. The summed E-state index contributed by atoms with van der Waals surface area (Å²) in [5.74, 6) is 0.815. The number of aromatic nitrogens is 2. The maximum atomic E-state index is 12.4. The minimum atomic E-state index is -0.519. The van der Waals surface area contributed by atoms with Crippen molar-refractivity contribution in [3.05, 3.63) is 59.5 Å². The zero-order chi connectivity index (χ0) is 17.4. The lowest BCUT2D eigenvalue weighted by atomic mass is 10.0. The molecule has 0 fully saturated rings. The first-order valence-corrected chi connectivity index (χ1v) is 7.71. The van der Waals surface area contributed by atoms with Crippen molar-refractivity contribution in [3.8, 4) is 17.2 Å². The summed E-state index contributed by atoms with van der Waals surface area (Å²) in [6, 6.07) is 11.0. The molecule has 0 saturated carbocycles. The largest absolute Gasteiger partial charge is 0.497 e. The molecule has 2 N–H and O–H groups in total. The lowest BCUT2D eigenvalue weighted by Crippen LogP contribution is -2.07. The van der Waals surface area contributed by atoms with Gasteiger partial charge in [-0.05, 0) is 29.8 Å². The van der Waals surface area contributed by atoms with E-state index in [1.165, 1.54) is 6.26 Å². The molecule has 1 aromatic carbocycles. The van der Waals surface area contributed by atoms with Crippen molar-refractivity contribution in [1.82, 2.24) is 9.97 Å². The van der Waals surface area contributed by atoms with Crippen molar-refractivity contribution in [1.29, 1.82) is 0 Å². The maximum Gasteiger partial charge on any atom is 0.343 e. The van der Waals surface area contributed by atoms with Crippen molar-refractivity contribution in [2.24, 2.45) is 0 Å². The Balaban J connectivity index is 1.72. The van der Waals surface area contributed by atoms with Crippen LogP contribution in [0.5, 0.6) is 5.75 Å². The van der Waals surface area contributed by atoms with Gasteiger partial charge in [-0.3, -0.25) is 0 Å². The molecule has 1 aliphatic heterocycles. The van der Waals surface area contributed by atoms with E-state index in [0.29, 0.717) is 29.1 Å². The molecular formula is C18H15N3O4. The lowest BCUT2D eigenvalue weighted by molar-refractivity contribution is 0.0382. The van der Waals surface area contributed by atoms with Crippen LogP contribution in [0.25, 0.3) is 11.5 Å². The number of fused-ring (bicyclic) bond motifs is 1. The Morgan fingerprint density at radius 1 is 1.20 bits per heavy atom. The third kappa shape index (κ3) is 2.69. The Morgan fingerprint density at radius 3 is 2.68 bits per heavy atom. The topological polar surface area (TPSA) is 100 Å². The van der Waals surface area contributed by atoms with E-state index in [1.807, 2.05) is 24.3 Å². The molecule has 3 aromatic rings. The Kier molecular flexibility index (Phi) is 3.61. The van der Waals surface area contributed by atoms with Gasteiger partial charge in [-0.2, -0.15) is 0 Å². The highest BCUT2D eigenvalue weighted by molar-refractivity contribution is 5.99. The summed E-state index contributed by atoms with van der Waals surface area (Å²) in [6.07, 6.45) is 1.47. The van der Waals surface area contributed by atoms with E-state index in [4.69, 9.17) is 19.6 Å². The molecule has 2 aromatic heterocycles. The fourth-order valence-electron chi connectivity index (χ4n) is 2.88. The standard InChI is InChI=1S/C18H15N3O4/c1-23-11-6-4-10(5-7-11)9-13-16-14(17(22)25-13)15(20-18(19)21-16)12-3-2-8-24-12/h2-8,13H,9H2,1H3,(H2,19,20,21). The van der Waals surface area contributed by atoms with Gasteiger partial charge in [-0.1, -0.05) is 12.1 Å². The summed E-state index contributed by atoms with van der Waals surface area (Å²) in [7, 11) is 1.61. The highest BCUT2D eigenvalue weighted by atomic mass is 16.5. The van der Waals surface area contributed by atoms with E-state index in [-0.39, 0.29) is 5.95 Å². The number of methoxy groups -OCH3 is 1. The van der Waals surface area contributed by atoms with Gasteiger partial charge in [0.2, 0.25) is 5.95 Å². The number of nitrogens with two attached hydrogens (primary N) is 1. The summed E-state index contributed by atoms with van der Waals surface area (Å²) < 4.78 is 16.0. The molecule has 0 radical (unpaired) electrons. The van der Waals surface area contributed by atoms with E-state index in [1.54, 1.807) is 19.2 Å². The highest BCUT2D eigenvalue weighted by Crippen LogP contribution is 2.37. The fraction of sp³-hybridized carbons (Fsp3) is 0.167. The molecule has 3 heterocycles. The van der Waals surface area contributed by atoms with E-state index < -0.39 is 12.1 Å². The van der Waals surface area contributed by atoms with Gasteiger partial charge in [0.05, 0.1) is 13.4 Å². The molecule has 25 heavy (non-hydrogen) atoms. The van der Waals surface area contributed by atoms with E-state index in [9.17, 15) is 4.79 Å². The molecule has 0 spiro atoms.